The summed E-state index contributed by atoms with van der Waals surface area (Å²) in [5.41, 5.74) is 0.839. The van der Waals surface area contributed by atoms with Crippen molar-refractivity contribution in [1.29, 1.82) is 0 Å². The van der Waals surface area contributed by atoms with E-state index in [9.17, 15) is 4.79 Å². The lowest BCUT2D eigenvalue weighted by atomic mass is 10.1. The lowest BCUT2D eigenvalue weighted by Crippen LogP contribution is -2.07. The van der Waals surface area contributed by atoms with Crippen LogP contribution in [0.3, 0.4) is 0 Å². The topological polar surface area (TPSA) is 50.2 Å². The van der Waals surface area contributed by atoms with Gasteiger partial charge in [-0.05, 0) is 11.6 Å². The largest absolute Gasteiger partial charge is 0.389 e. The molecular weight excluding hydrogens is 142 g/mol. The molecule has 0 unspecified atom stereocenters. The Balaban J connectivity index is 2.58. The monoisotopic (exact) mass is 151 g/mol. The molecule has 0 aromatic carbocycles. The number of Topliss-reactive ketones (excluding diaryl/α,β-unsaturated/α-hetero) is 1. The van der Waals surface area contributed by atoms with Crippen LogP contribution in [0.5, 0.6) is 0 Å². The number of hydrogen-bond donors (Lipinski definition) is 1. The number of rotatable bonds is 3. The second-order valence-electron chi connectivity index (χ2n) is 2.23. The summed E-state index contributed by atoms with van der Waals surface area (Å²) in [6.07, 6.45) is 3.53. The van der Waals surface area contributed by atoms with E-state index in [0.717, 1.165) is 5.56 Å². The number of carbonyl (C=O) groups excluding carboxylic acids is 1. The summed E-state index contributed by atoms with van der Waals surface area (Å²) in [4.78, 5) is 14.5. The Bertz CT molecular complexity index is 233. The van der Waals surface area contributed by atoms with Gasteiger partial charge in [0.2, 0.25) is 0 Å². The van der Waals surface area contributed by atoms with Gasteiger partial charge < -0.3 is 5.11 Å². The van der Waals surface area contributed by atoms with Gasteiger partial charge in [0.25, 0.3) is 0 Å². The van der Waals surface area contributed by atoms with Crippen LogP contribution in [0.15, 0.2) is 24.5 Å². The number of pyridine rings is 1. The molecule has 11 heavy (non-hydrogen) atoms. The Hall–Kier alpha value is -1.22. The van der Waals surface area contributed by atoms with Crippen LogP contribution >= 0.6 is 0 Å². The van der Waals surface area contributed by atoms with Crippen LogP contribution in [0.2, 0.25) is 0 Å². The van der Waals surface area contributed by atoms with Crippen LogP contribution in [0.1, 0.15) is 5.56 Å². The van der Waals surface area contributed by atoms with Gasteiger partial charge in [-0.1, -0.05) is 6.07 Å². The van der Waals surface area contributed by atoms with E-state index in [-0.39, 0.29) is 12.2 Å². The molecule has 0 saturated carbocycles. The first-order valence-electron chi connectivity index (χ1n) is 3.34. The van der Waals surface area contributed by atoms with Crippen molar-refractivity contribution >= 4 is 5.78 Å². The number of aliphatic hydroxyl groups is 1. The molecule has 0 atom stereocenters. The van der Waals surface area contributed by atoms with E-state index in [0.29, 0.717) is 0 Å². The molecule has 0 amide bonds. The van der Waals surface area contributed by atoms with Gasteiger partial charge in [-0.15, -0.1) is 0 Å². The number of hydrogen-bond acceptors (Lipinski definition) is 3. The summed E-state index contributed by atoms with van der Waals surface area (Å²) >= 11 is 0. The molecule has 0 saturated heterocycles. The first kappa shape index (κ1) is 7.88. The van der Waals surface area contributed by atoms with Gasteiger partial charge in [-0.25, -0.2) is 0 Å². The van der Waals surface area contributed by atoms with Crippen LogP contribution in [0.4, 0.5) is 0 Å². The molecule has 1 aromatic heterocycles. The molecule has 0 spiro atoms. The van der Waals surface area contributed by atoms with E-state index in [2.05, 4.69) is 4.98 Å². The van der Waals surface area contributed by atoms with Gasteiger partial charge in [-0.3, -0.25) is 9.78 Å². The summed E-state index contributed by atoms with van der Waals surface area (Å²) in [7, 11) is 0. The highest BCUT2D eigenvalue weighted by atomic mass is 16.3. The van der Waals surface area contributed by atoms with Crippen LogP contribution in [0.25, 0.3) is 0 Å². The number of aliphatic hydroxyl groups excluding tert-OH is 1. The minimum Gasteiger partial charge on any atom is -0.389 e. The third-order valence-corrected chi connectivity index (χ3v) is 1.30. The summed E-state index contributed by atoms with van der Waals surface area (Å²) in [6.45, 7) is -0.394. The lowest BCUT2D eigenvalue weighted by Gasteiger charge is -1.95. The van der Waals surface area contributed by atoms with Crippen molar-refractivity contribution in [3.05, 3.63) is 30.1 Å². The quantitative estimate of drug-likeness (QED) is 0.670. The molecule has 3 heteroatoms. The molecule has 0 aliphatic rings. The number of aromatic nitrogens is 1. The van der Waals surface area contributed by atoms with Crippen molar-refractivity contribution < 1.29 is 9.90 Å². The van der Waals surface area contributed by atoms with Gasteiger partial charge in [0.15, 0.2) is 5.78 Å². The summed E-state index contributed by atoms with van der Waals surface area (Å²) in [5.74, 6) is -0.182. The summed E-state index contributed by atoms with van der Waals surface area (Å²) < 4.78 is 0. The molecule has 1 rings (SSSR count). The molecule has 0 aliphatic carbocycles. The minimum atomic E-state index is -0.394. The fourth-order valence-electron chi connectivity index (χ4n) is 0.786. The van der Waals surface area contributed by atoms with Crippen molar-refractivity contribution in [3.63, 3.8) is 0 Å². The molecular formula is C8H9NO2. The highest BCUT2D eigenvalue weighted by molar-refractivity contribution is 5.81. The van der Waals surface area contributed by atoms with E-state index in [1.165, 1.54) is 0 Å². The van der Waals surface area contributed by atoms with Gasteiger partial charge in [0.05, 0.1) is 0 Å². The maximum Gasteiger partial charge on any atom is 0.162 e. The van der Waals surface area contributed by atoms with Crippen LogP contribution < -0.4 is 0 Å². The molecule has 0 fully saturated rings. The standard InChI is InChI=1S/C8H9NO2/c10-6-8(11)4-7-2-1-3-9-5-7/h1-3,5,10H,4,6H2. The first-order valence-corrected chi connectivity index (χ1v) is 3.34. The third-order valence-electron chi connectivity index (χ3n) is 1.30. The van der Waals surface area contributed by atoms with E-state index >= 15 is 0 Å². The zero-order chi connectivity index (χ0) is 8.10. The van der Waals surface area contributed by atoms with Crippen LogP contribution in [-0.2, 0) is 11.2 Å². The van der Waals surface area contributed by atoms with Crippen molar-refractivity contribution in [3.8, 4) is 0 Å². The van der Waals surface area contributed by atoms with Gasteiger partial charge in [0, 0.05) is 18.8 Å². The molecule has 58 valence electrons. The highest BCUT2D eigenvalue weighted by Crippen LogP contribution is 1.96. The predicted octanol–water partition coefficient (Wildman–Crippen LogP) is 0.186. The Labute approximate surface area is 64.7 Å². The number of ketones is 1. The van der Waals surface area contributed by atoms with Gasteiger partial charge in [-0.2, -0.15) is 0 Å². The molecule has 3 nitrogen and oxygen atoms in total. The fraction of sp³-hybridized carbons (Fsp3) is 0.250. The van der Waals surface area contributed by atoms with Crippen LogP contribution in [-0.4, -0.2) is 22.5 Å². The minimum absolute atomic E-state index is 0.182. The van der Waals surface area contributed by atoms with E-state index < -0.39 is 6.61 Å². The van der Waals surface area contributed by atoms with E-state index in [1.807, 2.05) is 0 Å². The van der Waals surface area contributed by atoms with E-state index in [4.69, 9.17) is 5.11 Å². The number of carbonyl (C=O) groups is 1. The maximum atomic E-state index is 10.7. The second kappa shape index (κ2) is 3.83. The van der Waals surface area contributed by atoms with Crippen molar-refractivity contribution in [2.45, 2.75) is 6.42 Å². The maximum absolute atomic E-state index is 10.7. The zero-order valence-corrected chi connectivity index (χ0v) is 6.03. The molecule has 0 radical (unpaired) electrons. The Kier molecular flexibility index (Phi) is 2.74. The van der Waals surface area contributed by atoms with Crippen molar-refractivity contribution in [1.82, 2.24) is 4.98 Å². The van der Waals surface area contributed by atoms with Crippen molar-refractivity contribution in [2.24, 2.45) is 0 Å². The predicted molar refractivity (Wildman–Crippen MR) is 40.0 cm³/mol. The fourth-order valence-corrected chi connectivity index (χ4v) is 0.786. The molecule has 1 aromatic rings. The lowest BCUT2D eigenvalue weighted by molar-refractivity contribution is -0.121. The molecule has 1 heterocycles. The molecule has 0 aliphatic heterocycles. The smallest absolute Gasteiger partial charge is 0.162 e. The first-order chi connectivity index (χ1) is 5.33. The zero-order valence-electron chi connectivity index (χ0n) is 6.03. The average Bonchev–Trinajstić information content (AvgIpc) is 2.06. The second-order valence-corrected chi connectivity index (χ2v) is 2.23. The average molecular weight is 151 g/mol. The summed E-state index contributed by atoms with van der Waals surface area (Å²) in [5, 5.41) is 8.43. The SMILES string of the molecule is O=C(CO)Cc1cccnc1. The summed E-state index contributed by atoms with van der Waals surface area (Å²) in [6, 6.07) is 3.57. The highest BCUT2D eigenvalue weighted by Gasteiger charge is 1.99. The Morgan fingerprint density at radius 3 is 3.00 bits per heavy atom. The Morgan fingerprint density at radius 1 is 1.64 bits per heavy atom. The number of nitrogens with zero attached hydrogens (tertiary/aromatic N) is 1. The van der Waals surface area contributed by atoms with Gasteiger partial charge >= 0.3 is 0 Å². The van der Waals surface area contributed by atoms with Crippen LogP contribution in [0, 0.1) is 0 Å². The third kappa shape index (κ3) is 2.47. The normalized spacial score (nSPS) is 9.55. The molecule has 0 bridgehead atoms. The van der Waals surface area contributed by atoms with Crippen molar-refractivity contribution in [2.75, 3.05) is 6.61 Å². The van der Waals surface area contributed by atoms with E-state index in [1.54, 1.807) is 24.5 Å². The Morgan fingerprint density at radius 2 is 2.45 bits per heavy atom. The molecule has 1 N–H and O–H groups in total. The van der Waals surface area contributed by atoms with Gasteiger partial charge in [0.1, 0.15) is 6.61 Å².